The predicted molar refractivity (Wildman–Crippen MR) is 63.2 cm³/mol. The van der Waals surface area contributed by atoms with Gasteiger partial charge in [0.05, 0.1) is 13.2 Å². The van der Waals surface area contributed by atoms with E-state index in [9.17, 15) is 10.2 Å². The van der Waals surface area contributed by atoms with E-state index in [1.807, 2.05) is 6.92 Å². The summed E-state index contributed by atoms with van der Waals surface area (Å²) in [4.78, 5) is 2.31. The van der Waals surface area contributed by atoms with Crippen LogP contribution in [0.4, 0.5) is 0 Å². The van der Waals surface area contributed by atoms with Gasteiger partial charge in [-0.15, -0.1) is 0 Å². The van der Waals surface area contributed by atoms with Crippen molar-refractivity contribution in [1.29, 1.82) is 0 Å². The van der Waals surface area contributed by atoms with Crippen LogP contribution in [0.25, 0.3) is 0 Å². The van der Waals surface area contributed by atoms with E-state index >= 15 is 0 Å². The summed E-state index contributed by atoms with van der Waals surface area (Å²) in [6.45, 7) is 3.86. The van der Waals surface area contributed by atoms with Gasteiger partial charge in [0.2, 0.25) is 0 Å². The highest BCUT2D eigenvalue weighted by atomic mass is 16.3. The Morgan fingerprint density at radius 1 is 1.19 bits per heavy atom. The van der Waals surface area contributed by atoms with Crippen LogP contribution in [0.5, 0.6) is 0 Å². The molecule has 1 aliphatic heterocycles. The van der Waals surface area contributed by atoms with Crippen LogP contribution in [-0.2, 0) is 0 Å². The number of hydrogen-bond donors (Lipinski definition) is 3. The molecule has 0 aromatic heterocycles. The summed E-state index contributed by atoms with van der Waals surface area (Å²) in [5, 5.41) is 27.6. The third-order valence-corrected chi connectivity index (χ3v) is 3.56. The van der Waals surface area contributed by atoms with Gasteiger partial charge < -0.3 is 15.3 Å². The van der Waals surface area contributed by atoms with Gasteiger partial charge in [-0.25, -0.2) is 0 Å². The Morgan fingerprint density at radius 2 is 1.88 bits per heavy atom. The SMILES string of the molecule is CC(CO)(CO)CN1CCCCC1CCO. The molecule has 0 amide bonds. The standard InChI is InChI=1S/C12H25NO3/c1-12(9-15,10-16)8-13-6-3-2-4-11(13)5-7-14/h11,14-16H,2-10H2,1H3. The Labute approximate surface area is 97.9 Å². The average molecular weight is 231 g/mol. The van der Waals surface area contributed by atoms with E-state index in [4.69, 9.17) is 5.11 Å². The van der Waals surface area contributed by atoms with Crippen molar-refractivity contribution in [1.82, 2.24) is 4.90 Å². The Morgan fingerprint density at radius 3 is 2.44 bits per heavy atom. The first-order chi connectivity index (χ1) is 7.65. The van der Waals surface area contributed by atoms with Crippen molar-refractivity contribution < 1.29 is 15.3 Å². The van der Waals surface area contributed by atoms with Gasteiger partial charge in [0.25, 0.3) is 0 Å². The lowest BCUT2D eigenvalue weighted by Gasteiger charge is -2.40. The maximum absolute atomic E-state index is 9.30. The minimum Gasteiger partial charge on any atom is -0.396 e. The van der Waals surface area contributed by atoms with Gasteiger partial charge in [-0.3, -0.25) is 4.90 Å². The number of nitrogens with zero attached hydrogens (tertiary/aromatic N) is 1. The summed E-state index contributed by atoms with van der Waals surface area (Å²) in [6.07, 6.45) is 4.31. The van der Waals surface area contributed by atoms with Gasteiger partial charge >= 0.3 is 0 Å². The van der Waals surface area contributed by atoms with E-state index in [2.05, 4.69) is 4.90 Å². The van der Waals surface area contributed by atoms with Crippen LogP contribution in [0.3, 0.4) is 0 Å². The predicted octanol–water partition coefficient (Wildman–Crippen LogP) is 0.214. The molecule has 0 radical (unpaired) electrons. The fourth-order valence-corrected chi connectivity index (χ4v) is 2.38. The minimum atomic E-state index is -0.426. The van der Waals surface area contributed by atoms with E-state index in [0.717, 1.165) is 19.4 Å². The zero-order chi connectivity index (χ0) is 12.0. The monoisotopic (exact) mass is 231 g/mol. The third-order valence-electron chi connectivity index (χ3n) is 3.56. The van der Waals surface area contributed by atoms with Crippen molar-refractivity contribution >= 4 is 0 Å². The molecule has 96 valence electrons. The van der Waals surface area contributed by atoms with E-state index < -0.39 is 5.41 Å². The molecule has 0 spiro atoms. The van der Waals surface area contributed by atoms with Crippen molar-refractivity contribution in [3.8, 4) is 0 Å². The van der Waals surface area contributed by atoms with Crippen LogP contribution in [-0.4, -0.2) is 59.2 Å². The van der Waals surface area contributed by atoms with E-state index in [0.29, 0.717) is 12.6 Å². The molecule has 4 nitrogen and oxygen atoms in total. The molecule has 0 aliphatic carbocycles. The zero-order valence-electron chi connectivity index (χ0n) is 10.2. The summed E-state index contributed by atoms with van der Waals surface area (Å²) >= 11 is 0. The van der Waals surface area contributed by atoms with E-state index in [1.165, 1.54) is 12.8 Å². The van der Waals surface area contributed by atoms with Crippen LogP contribution in [0.1, 0.15) is 32.6 Å². The van der Waals surface area contributed by atoms with Crippen LogP contribution in [0, 0.1) is 5.41 Å². The number of aliphatic hydroxyl groups is 3. The molecule has 16 heavy (non-hydrogen) atoms. The van der Waals surface area contributed by atoms with Crippen LogP contribution in [0.15, 0.2) is 0 Å². The lowest BCUT2D eigenvalue weighted by molar-refractivity contribution is 0.00742. The first-order valence-electron chi connectivity index (χ1n) is 6.22. The molecule has 0 aromatic carbocycles. The maximum atomic E-state index is 9.30. The summed E-state index contributed by atoms with van der Waals surface area (Å²) in [5.41, 5.74) is -0.426. The molecule has 3 N–H and O–H groups in total. The molecule has 1 unspecified atom stereocenters. The molecule has 0 bridgehead atoms. The summed E-state index contributed by atoms with van der Waals surface area (Å²) in [5.74, 6) is 0. The second-order valence-electron chi connectivity index (χ2n) is 5.26. The molecular weight excluding hydrogens is 206 g/mol. The third kappa shape index (κ3) is 3.70. The molecule has 1 rings (SSSR count). The van der Waals surface area contributed by atoms with Crippen molar-refractivity contribution in [2.75, 3.05) is 32.9 Å². The molecule has 0 saturated carbocycles. The van der Waals surface area contributed by atoms with Crippen molar-refractivity contribution in [2.24, 2.45) is 5.41 Å². The Hall–Kier alpha value is -0.160. The van der Waals surface area contributed by atoms with Crippen LogP contribution < -0.4 is 0 Å². The fourth-order valence-electron chi connectivity index (χ4n) is 2.38. The number of rotatable bonds is 6. The smallest absolute Gasteiger partial charge is 0.0519 e. The first-order valence-corrected chi connectivity index (χ1v) is 6.22. The largest absolute Gasteiger partial charge is 0.396 e. The van der Waals surface area contributed by atoms with Gasteiger partial charge in [-0.2, -0.15) is 0 Å². The fraction of sp³-hybridized carbons (Fsp3) is 1.00. The van der Waals surface area contributed by atoms with Crippen LogP contribution >= 0.6 is 0 Å². The zero-order valence-corrected chi connectivity index (χ0v) is 10.2. The number of likely N-dealkylation sites (tertiary alicyclic amines) is 1. The Kier molecular flexibility index (Phi) is 5.69. The van der Waals surface area contributed by atoms with Gasteiger partial charge in [0.15, 0.2) is 0 Å². The molecule has 0 aromatic rings. The van der Waals surface area contributed by atoms with Crippen molar-refractivity contribution in [3.05, 3.63) is 0 Å². The quantitative estimate of drug-likeness (QED) is 0.611. The second-order valence-corrected chi connectivity index (χ2v) is 5.26. The normalized spacial score (nSPS) is 23.6. The molecule has 1 fully saturated rings. The molecule has 1 aliphatic rings. The summed E-state index contributed by atoms with van der Waals surface area (Å²) in [6, 6.07) is 0.413. The maximum Gasteiger partial charge on any atom is 0.0519 e. The van der Waals surface area contributed by atoms with E-state index in [1.54, 1.807) is 0 Å². The van der Waals surface area contributed by atoms with Crippen molar-refractivity contribution in [2.45, 2.75) is 38.6 Å². The molecular formula is C12H25NO3. The van der Waals surface area contributed by atoms with Crippen LogP contribution in [0.2, 0.25) is 0 Å². The second kappa shape index (κ2) is 6.55. The number of hydrogen-bond acceptors (Lipinski definition) is 4. The molecule has 4 heteroatoms. The molecule has 1 atom stereocenters. The van der Waals surface area contributed by atoms with Gasteiger partial charge in [0, 0.05) is 24.6 Å². The number of piperidine rings is 1. The highest BCUT2D eigenvalue weighted by Gasteiger charge is 2.30. The summed E-state index contributed by atoms with van der Waals surface area (Å²) in [7, 11) is 0. The lowest BCUT2D eigenvalue weighted by Crippen LogP contribution is -2.48. The average Bonchev–Trinajstić information content (AvgIpc) is 2.32. The van der Waals surface area contributed by atoms with Crippen molar-refractivity contribution in [3.63, 3.8) is 0 Å². The number of aliphatic hydroxyl groups excluding tert-OH is 3. The van der Waals surface area contributed by atoms with Gasteiger partial charge in [0.1, 0.15) is 0 Å². The van der Waals surface area contributed by atoms with Gasteiger partial charge in [-0.1, -0.05) is 13.3 Å². The van der Waals surface area contributed by atoms with E-state index in [-0.39, 0.29) is 19.8 Å². The molecule has 1 saturated heterocycles. The topological polar surface area (TPSA) is 63.9 Å². The summed E-state index contributed by atoms with van der Waals surface area (Å²) < 4.78 is 0. The highest BCUT2D eigenvalue weighted by molar-refractivity contribution is 4.83. The molecule has 1 heterocycles. The highest BCUT2D eigenvalue weighted by Crippen LogP contribution is 2.24. The Bertz CT molecular complexity index is 193. The lowest BCUT2D eigenvalue weighted by atomic mass is 9.89. The Balaban J connectivity index is 2.54. The van der Waals surface area contributed by atoms with Gasteiger partial charge in [-0.05, 0) is 25.8 Å². The first kappa shape index (κ1) is 13.9. The minimum absolute atomic E-state index is 0.00580.